The second-order valence-electron chi connectivity index (χ2n) is 5.94. The van der Waals surface area contributed by atoms with Crippen molar-refractivity contribution in [3.05, 3.63) is 52.0 Å². The molecule has 0 radical (unpaired) electrons. The van der Waals surface area contributed by atoms with Crippen LogP contribution in [0, 0.1) is 0 Å². The largest absolute Gasteiger partial charge is 0.495 e. The van der Waals surface area contributed by atoms with Crippen molar-refractivity contribution in [2.24, 2.45) is 0 Å². The van der Waals surface area contributed by atoms with Gasteiger partial charge in [0, 0.05) is 18.8 Å². The molecule has 1 saturated heterocycles. The van der Waals surface area contributed by atoms with Gasteiger partial charge in [-0.15, -0.1) is 0 Å². The maximum absolute atomic E-state index is 13.0. The van der Waals surface area contributed by atoms with E-state index in [1.807, 2.05) is 0 Å². The number of nitrogens with zero attached hydrogens (tertiary/aromatic N) is 1. The number of halogens is 2. The first-order valence-electron chi connectivity index (χ1n) is 8.36. The lowest BCUT2D eigenvalue weighted by molar-refractivity contribution is 0.0729. The average Bonchev–Trinajstić information content (AvgIpc) is 2.70. The maximum atomic E-state index is 13.0. The summed E-state index contributed by atoms with van der Waals surface area (Å²) in [7, 11) is -2.43. The maximum Gasteiger partial charge on any atom is 0.257 e. The Morgan fingerprint density at radius 1 is 1.18 bits per heavy atom. The van der Waals surface area contributed by atoms with Crippen LogP contribution in [-0.4, -0.2) is 52.0 Å². The molecule has 0 atom stereocenters. The molecule has 2 aromatic carbocycles. The van der Waals surface area contributed by atoms with E-state index in [9.17, 15) is 13.2 Å². The van der Waals surface area contributed by atoms with Crippen LogP contribution in [0.15, 0.2) is 41.3 Å². The van der Waals surface area contributed by atoms with Gasteiger partial charge in [0.25, 0.3) is 5.91 Å². The third-order valence-electron chi connectivity index (χ3n) is 4.21. The smallest absolute Gasteiger partial charge is 0.257 e. The van der Waals surface area contributed by atoms with E-state index in [2.05, 4.69) is 5.32 Å². The van der Waals surface area contributed by atoms with E-state index in [1.165, 1.54) is 29.6 Å². The van der Waals surface area contributed by atoms with Crippen LogP contribution >= 0.6 is 23.2 Å². The molecule has 2 aromatic rings. The molecule has 1 aliphatic rings. The van der Waals surface area contributed by atoms with Crippen molar-refractivity contribution in [1.29, 1.82) is 0 Å². The number of morpholine rings is 1. The summed E-state index contributed by atoms with van der Waals surface area (Å²) in [5, 5.41) is 3.02. The highest BCUT2D eigenvalue weighted by atomic mass is 35.5. The molecule has 3 rings (SSSR count). The van der Waals surface area contributed by atoms with Gasteiger partial charge < -0.3 is 14.8 Å². The Labute approximate surface area is 173 Å². The van der Waals surface area contributed by atoms with Crippen molar-refractivity contribution in [3.63, 3.8) is 0 Å². The average molecular weight is 445 g/mol. The van der Waals surface area contributed by atoms with Crippen LogP contribution in [0.5, 0.6) is 5.75 Å². The Balaban J connectivity index is 1.92. The number of anilines is 1. The summed E-state index contributed by atoms with van der Waals surface area (Å²) in [6.07, 6.45) is 0. The van der Waals surface area contributed by atoms with Gasteiger partial charge >= 0.3 is 0 Å². The van der Waals surface area contributed by atoms with Gasteiger partial charge in [-0.1, -0.05) is 29.3 Å². The van der Waals surface area contributed by atoms with Gasteiger partial charge in [0.05, 0.1) is 35.9 Å². The van der Waals surface area contributed by atoms with Crippen LogP contribution in [0.25, 0.3) is 0 Å². The van der Waals surface area contributed by atoms with E-state index in [4.69, 9.17) is 32.7 Å². The number of rotatable bonds is 5. The number of ether oxygens (including phenoxy) is 2. The zero-order valence-corrected chi connectivity index (χ0v) is 17.3. The summed E-state index contributed by atoms with van der Waals surface area (Å²) in [4.78, 5) is 12.5. The fourth-order valence-corrected chi connectivity index (χ4v) is 4.74. The molecule has 28 heavy (non-hydrogen) atoms. The van der Waals surface area contributed by atoms with Crippen LogP contribution in [0.1, 0.15) is 10.4 Å². The minimum atomic E-state index is -3.81. The van der Waals surface area contributed by atoms with Crippen molar-refractivity contribution in [1.82, 2.24) is 4.31 Å². The van der Waals surface area contributed by atoms with Crippen LogP contribution in [-0.2, 0) is 14.8 Å². The summed E-state index contributed by atoms with van der Waals surface area (Å²) < 4.78 is 37.8. The highest BCUT2D eigenvalue weighted by Crippen LogP contribution is 2.31. The molecule has 0 unspecified atom stereocenters. The van der Waals surface area contributed by atoms with Crippen LogP contribution < -0.4 is 10.1 Å². The van der Waals surface area contributed by atoms with Gasteiger partial charge in [-0.3, -0.25) is 4.79 Å². The van der Waals surface area contributed by atoms with Crippen LogP contribution in [0.3, 0.4) is 0 Å². The molecule has 1 aliphatic heterocycles. The highest BCUT2D eigenvalue weighted by molar-refractivity contribution is 7.89. The molecule has 1 amide bonds. The number of carbonyl (C=O) groups excluding carboxylic acids is 1. The summed E-state index contributed by atoms with van der Waals surface area (Å²) in [6.45, 7) is 1.15. The predicted octanol–water partition coefficient (Wildman–Crippen LogP) is 3.28. The molecule has 1 heterocycles. The SMILES string of the molecule is COc1ccc(NC(=O)c2cccc(Cl)c2Cl)cc1S(=O)(=O)N1CCOCC1. The molecular formula is C18H18Cl2N2O5S. The van der Waals surface area contributed by atoms with Gasteiger partial charge in [-0.25, -0.2) is 8.42 Å². The molecule has 0 aliphatic carbocycles. The van der Waals surface area contributed by atoms with E-state index in [1.54, 1.807) is 18.2 Å². The topological polar surface area (TPSA) is 84.9 Å². The molecule has 0 spiro atoms. The zero-order valence-electron chi connectivity index (χ0n) is 14.9. The quantitative estimate of drug-likeness (QED) is 0.764. The third-order valence-corrected chi connectivity index (χ3v) is 6.94. The van der Waals surface area contributed by atoms with Gasteiger partial charge in [-0.2, -0.15) is 4.31 Å². The van der Waals surface area contributed by atoms with E-state index < -0.39 is 15.9 Å². The Morgan fingerprint density at radius 3 is 2.57 bits per heavy atom. The lowest BCUT2D eigenvalue weighted by Crippen LogP contribution is -2.40. The fraction of sp³-hybridized carbons (Fsp3) is 0.278. The first-order valence-corrected chi connectivity index (χ1v) is 10.6. The van der Waals surface area contributed by atoms with Crippen molar-refractivity contribution in [3.8, 4) is 5.75 Å². The lowest BCUT2D eigenvalue weighted by atomic mass is 10.2. The van der Waals surface area contributed by atoms with Gasteiger partial charge in [0.2, 0.25) is 10.0 Å². The van der Waals surface area contributed by atoms with Gasteiger partial charge in [0.1, 0.15) is 10.6 Å². The van der Waals surface area contributed by atoms with E-state index in [0.29, 0.717) is 13.2 Å². The van der Waals surface area contributed by atoms with E-state index in [-0.39, 0.29) is 45.0 Å². The number of amides is 1. The van der Waals surface area contributed by atoms with Crippen molar-refractivity contribution in [2.45, 2.75) is 4.90 Å². The summed E-state index contributed by atoms with van der Waals surface area (Å²) in [5.41, 5.74) is 0.469. The number of sulfonamides is 1. The zero-order chi connectivity index (χ0) is 20.3. The molecule has 10 heteroatoms. The Morgan fingerprint density at radius 2 is 1.89 bits per heavy atom. The first-order chi connectivity index (χ1) is 13.3. The second-order valence-corrected chi connectivity index (χ2v) is 8.63. The van der Waals surface area contributed by atoms with E-state index in [0.717, 1.165) is 0 Å². The number of carbonyl (C=O) groups is 1. The lowest BCUT2D eigenvalue weighted by Gasteiger charge is -2.26. The van der Waals surface area contributed by atoms with Gasteiger partial charge in [0.15, 0.2) is 0 Å². The fourth-order valence-electron chi connectivity index (χ4n) is 2.76. The second kappa shape index (κ2) is 8.67. The van der Waals surface area contributed by atoms with Crippen molar-refractivity contribution < 1.29 is 22.7 Å². The standard InChI is InChI=1S/C18H18Cl2N2O5S/c1-26-15-6-5-12(21-18(23)13-3-2-4-14(19)17(13)20)11-16(15)28(24,25)22-7-9-27-10-8-22/h2-6,11H,7-10H2,1H3,(H,21,23). The third kappa shape index (κ3) is 4.26. The Bertz CT molecular complexity index is 991. The Hall–Kier alpha value is -1.84. The first kappa shape index (κ1) is 20.9. The monoisotopic (exact) mass is 444 g/mol. The van der Waals surface area contributed by atoms with E-state index >= 15 is 0 Å². The minimum Gasteiger partial charge on any atom is -0.495 e. The minimum absolute atomic E-state index is 0.0353. The van der Waals surface area contributed by atoms with Crippen LogP contribution in [0.4, 0.5) is 5.69 Å². The molecule has 1 N–H and O–H groups in total. The molecule has 0 aromatic heterocycles. The van der Waals surface area contributed by atoms with Gasteiger partial charge in [-0.05, 0) is 30.3 Å². The molecule has 0 saturated carbocycles. The summed E-state index contributed by atoms with van der Waals surface area (Å²) >= 11 is 12.0. The molecule has 150 valence electrons. The predicted molar refractivity (Wildman–Crippen MR) is 107 cm³/mol. The van der Waals surface area contributed by atoms with Crippen molar-refractivity contribution in [2.75, 3.05) is 38.7 Å². The molecule has 0 bridgehead atoms. The normalized spacial score (nSPS) is 15.2. The number of nitrogens with one attached hydrogen (secondary N) is 1. The summed E-state index contributed by atoms with van der Waals surface area (Å²) in [5.74, 6) is -0.322. The van der Waals surface area contributed by atoms with Crippen molar-refractivity contribution >= 4 is 44.8 Å². The Kier molecular flexibility index (Phi) is 6.47. The number of benzene rings is 2. The molecular weight excluding hydrogens is 427 g/mol. The van der Waals surface area contributed by atoms with Crippen LogP contribution in [0.2, 0.25) is 10.0 Å². The summed E-state index contributed by atoms with van der Waals surface area (Å²) in [6, 6.07) is 9.10. The molecule has 7 nitrogen and oxygen atoms in total. The number of methoxy groups -OCH3 is 1. The molecule has 1 fully saturated rings. The highest BCUT2D eigenvalue weighted by Gasteiger charge is 2.29. The number of hydrogen-bond acceptors (Lipinski definition) is 5. The number of hydrogen-bond donors (Lipinski definition) is 1.